The molecule has 4 bridgehead atoms. The van der Waals surface area contributed by atoms with E-state index in [1.807, 2.05) is 72.8 Å². The maximum absolute atomic E-state index is 10.7. The van der Waals surface area contributed by atoms with Gasteiger partial charge in [0.2, 0.25) is 0 Å². The molecular formula is C44H60F12N2O12P2. The van der Waals surface area contributed by atoms with Crippen LogP contribution in [-0.2, 0) is 45.1 Å². The predicted octanol–water partition coefficient (Wildman–Crippen LogP) is 10.3. The monoisotopic (exact) mass is 1100 g/mol. The molecule has 1 aliphatic rings. The van der Waals surface area contributed by atoms with Crippen LogP contribution in [-0.4, -0.2) is 108 Å². The number of halogens is 12. The molecule has 5 rings (SSSR count). The first-order valence-corrected chi connectivity index (χ1v) is 25.8. The van der Waals surface area contributed by atoms with Crippen LogP contribution in [0.3, 0.4) is 0 Å². The van der Waals surface area contributed by atoms with Gasteiger partial charge in [0, 0.05) is 46.5 Å². The van der Waals surface area contributed by atoms with Crippen molar-refractivity contribution in [1.82, 2.24) is 0 Å². The topological polar surface area (TPSA) is 144 Å². The second kappa shape index (κ2) is 26.3. The van der Waals surface area contributed by atoms with Crippen molar-refractivity contribution in [2.75, 3.05) is 108 Å². The summed E-state index contributed by atoms with van der Waals surface area (Å²) in [5.74, 6) is 5.89. The zero-order valence-corrected chi connectivity index (χ0v) is 41.5. The standard InChI is InChI=1S/C44H58N2O12.2F6P/c1-47-37-17-33(18-38(25-37)48-2)29-45-31-35-21-41-27-42(22-35)56-14-10-52-6-8-54-12-16-58-44-24-36(32-46-30-34-19-39(49-3)26-40(20-34)50-4)23-43(28-44)57-15-11-53-7-5-51-9-13-55-41;2*1-7(2,3,4,5)6/h17-28,45-46H,5-16,29-32H2,1-4H3;;/q;2*-1/p+2. The molecule has 0 saturated carbocycles. The van der Waals surface area contributed by atoms with E-state index < -0.39 is 15.6 Å². The fourth-order valence-electron chi connectivity index (χ4n) is 6.13. The molecule has 14 nitrogen and oxygen atoms in total. The summed E-state index contributed by atoms with van der Waals surface area (Å²) in [5.41, 5.74) is 4.33. The van der Waals surface area contributed by atoms with E-state index in [4.69, 9.17) is 56.8 Å². The second-order valence-corrected chi connectivity index (χ2v) is 19.1. The van der Waals surface area contributed by atoms with E-state index >= 15 is 0 Å². The van der Waals surface area contributed by atoms with E-state index in [9.17, 15) is 50.4 Å². The summed E-state index contributed by atoms with van der Waals surface area (Å²) in [6, 6.07) is 23.7. The first-order chi connectivity index (χ1) is 33.4. The molecule has 1 aliphatic heterocycles. The molecule has 4 N–H and O–H groups in total. The summed E-state index contributed by atoms with van der Waals surface area (Å²) in [5, 5.41) is 4.42. The predicted molar refractivity (Wildman–Crippen MR) is 243 cm³/mol. The van der Waals surface area contributed by atoms with Gasteiger partial charge in [-0.15, -0.1) is 0 Å². The number of ether oxygens (including phenoxy) is 12. The number of methoxy groups -OCH3 is 4. The van der Waals surface area contributed by atoms with Gasteiger partial charge in [0.25, 0.3) is 0 Å². The van der Waals surface area contributed by atoms with Gasteiger partial charge < -0.3 is 67.5 Å². The summed E-state index contributed by atoms with van der Waals surface area (Å²) < 4.78 is 188. The Morgan fingerprint density at radius 3 is 0.722 bits per heavy atom. The number of hydrogen-bond donors (Lipinski definition) is 2. The Balaban J connectivity index is 0.000000853. The van der Waals surface area contributed by atoms with Crippen molar-refractivity contribution in [3.8, 4) is 46.0 Å². The third kappa shape index (κ3) is 33.7. The van der Waals surface area contributed by atoms with Gasteiger partial charge in [0.05, 0.1) is 81.3 Å². The molecule has 0 aromatic heterocycles. The van der Waals surface area contributed by atoms with Crippen molar-refractivity contribution in [3.05, 3.63) is 95.1 Å². The van der Waals surface area contributed by atoms with Crippen molar-refractivity contribution in [2.24, 2.45) is 0 Å². The molecule has 0 atom stereocenters. The van der Waals surface area contributed by atoms with Gasteiger partial charge in [0.15, 0.2) is 0 Å². The van der Waals surface area contributed by atoms with Gasteiger partial charge in [-0.25, -0.2) is 0 Å². The summed E-state index contributed by atoms with van der Waals surface area (Å²) in [6.45, 7) is 7.86. The average Bonchev–Trinajstić information content (AvgIpc) is 3.27. The second-order valence-electron chi connectivity index (χ2n) is 15.2. The first kappa shape index (κ1) is 61.4. The molecule has 0 saturated heterocycles. The number of benzene rings is 4. The van der Waals surface area contributed by atoms with Crippen molar-refractivity contribution in [1.29, 1.82) is 0 Å². The fraction of sp³-hybridized carbons (Fsp3) is 0.455. The average molecular weight is 1100 g/mol. The molecule has 0 radical (unpaired) electrons. The summed E-state index contributed by atoms with van der Waals surface area (Å²) in [7, 11) is -14.7. The molecule has 0 fully saturated rings. The number of rotatable bonds is 12. The molecule has 0 amide bonds. The molecule has 28 heteroatoms. The Morgan fingerprint density at radius 2 is 0.514 bits per heavy atom. The van der Waals surface area contributed by atoms with Gasteiger partial charge in [-0.3, -0.25) is 0 Å². The Morgan fingerprint density at radius 1 is 0.319 bits per heavy atom. The van der Waals surface area contributed by atoms with E-state index in [0.29, 0.717) is 115 Å². The molecule has 4 aromatic rings. The minimum atomic E-state index is -10.7. The Labute approximate surface area is 407 Å². The SMILES string of the molecule is COc1cc(C[NH2+]Cc2cc3cc(c2)OCCOCCOCCOc2cc(C[NH2+]Cc4cc(OC)cc(OC)c4)cc(c2)OCCOCCOCCO3)cc(OC)c1.F[P-](F)(F)(F)(F)F.F[P-](F)(F)(F)(F)F. The van der Waals surface area contributed by atoms with E-state index in [0.717, 1.165) is 58.3 Å². The molecule has 412 valence electrons. The van der Waals surface area contributed by atoms with Crippen molar-refractivity contribution in [3.63, 3.8) is 0 Å². The molecule has 1 heterocycles. The molecule has 72 heavy (non-hydrogen) atoms. The van der Waals surface area contributed by atoms with Crippen LogP contribution in [0.4, 0.5) is 50.4 Å². The van der Waals surface area contributed by atoms with Crippen LogP contribution in [0.5, 0.6) is 46.0 Å². The van der Waals surface area contributed by atoms with Gasteiger partial charge in [-0.05, 0) is 48.5 Å². The van der Waals surface area contributed by atoms with E-state index in [-0.39, 0.29) is 0 Å². The Hall–Kier alpha value is -4.94. The van der Waals surface area contributed by atoms with Crippen LogP contribution >= 0.6 is 15.6 Å². The van der Waals surface area contributed by atoms with E-state index in [2.05, 4.69) is 10.6 Å². The van der Waals surface area contributed by atoms with Crippen LogP contribution in [0.15, 0.2) is 72.8 Å². The zero-order chi connectivity index (χ0) is 53.4. The molecule has 0 spiro atoms. The van der Waals surface area contributed by atoms with Gasteiger partial charge in [0.1, 0.15) is 98.6 Å². The first-order valence-electron chi connectivity index (χ1n) is 21.7. The minimum absolute atomic E-state index is 0.383. The summed E-state index contributed by atoms with van der Waals surface area (Å²) in [4.78, 5) is 0. The molecule has 4 aromatic carbocycles. The van der Waals surface area contributed by atoms with E-state index in [1.165, 1.54) is 0 Å². The van der Waals surface area contributed by atoms with Gasteiger partial charge >= 0.3 is 66.0 Å². The summed E-state index contributed by atoms with van der Waals surface area (Å²) >= 11 is 0. The normalized spacial score (nSPS) is 16.7. The molecular weight excluding hydrogens is 1040 g/mol. The number of nitrogens with two attached hydrogens (primary N) is 2. The summed E-state index contributed by atoms with van der Waals surface area (Å²) in [6.07, 6.45) is 0. The van der Waals surface area contributed by atoms with Crippen molar-refractivity contribution >= 4 is 15.6 Å². The Bertz CT molecular complexity index is 1990. The van der Waals surface area contributed by atoms with Crippen molar-refractivity contribution < 1.29 is 118 Å². The zero-order valence-electron chi connectivity index (χ0n) is 39.7. The van der Waals surface area contributed by atoms with Crippen LogP contribution < -0.4 is 48.5 Å². The van der Waals surface area contributed by atoms with Gasteiger partial charge in [-0.1, -0.05) is 0 Å². The Kier molecular flexibility index (Phi) is 22.4. The molecule has 0 aliphatic carbocycles. The third-order valence-corrected chi connectivity index (χ3v) is 8.95. The van der Waals surface area contributed by atoms with Crippen LogP contribution in [0.25, 0.3) is 0 Å². The number of fused-ring (bicyclic) bond motifs is 4. The number of quaternary nitrogens is 2. The van der Waals surface area contributed by atoms with Gasteiger partial charge in [-0.2, -0.15) is 0 Å². The third-order valence-electron chi connectivity index (χ3n) is 8.95. The maximum atomic E-state index is 9.87. The van der Waals surface area contributed by atoms with E-state index in [1.54, 1.807) is 28.4 Å². The van der Waals surface area contributed by atoms with Crippen LogP contribution in [0.1, 0.15) is 22.3 Å². The fourth-order valence-corrected chi connectivity index (χ4v) is 6.13. The van der Waals surface area contributed by atoms with Crippen molar-refractivity contribution in [2.45, 2.75) is 26.2 Å². The van der Waals surface area contributed by atoms with Crippen LogP contribution in [0, 0.1) is 0 Å². The number of hydrogen-bond acceptors (Lipinski definition) is 12. The quantitative estimate of drug-likeness (QED) is 0.103. The molecule has 0 unspecified atom stereocenters. The van der Waals surface area contributed by atoms with Crippen LogP contribution in [0.2, 0.25) is 0 Å².